The first-order chi connectivity index (χ1) is 15.0. The zero-order valence-corrected chi connectivity index (χ0v) is 18.6. The Kier molecular flexibility index (Phi) is 6.55. The summed E-state index contributed by atoms with van der Waals surface area (Å²) in [5.74, 6) is 0.704. The van der Waals surface area contributed by atoms with Crippen molar-refractivity contribution >= 4 is 22.4 Å². The molecule has 1 aliphatic heterocycles. The maximum absolute atomic E-state index is 12.5. The quantitative estimate of drug-likeness (QED) is 0.631. The smallest absolute Gasteiger partial charge is 0.240 e. The monoisotopic (exact) mass is 439 g/mol. The van der Waals surface area contributed by atoms with Crippen LogP contribution in [0.1, 0.15) is 22.4 Å². The van der Waals surface area contributed by atoms with Gasteiger partial charge < -0.3 is 14.8 Å². The summed E-state index contributed by atoms with van der Waals surface area (Å²) in [6.45, 7) is 5.97. The van der Waals surface area contributed by atoms with Crippen LogP contribution in [0.2, 0.25) is 0 Å². The number of nitrogens with one attached hydrogen (secondary N) is 1. The number of aromatic nitrogens is 3. The highest BCUT2D eigenvalue weighted by molar-refractivity contribution is 7.15. The molecular formula is C22H25N5O3S. The average Bonchev–Trinajstić information content (AvgIpc) is 3.10. The molecule has 1 fully saturated rings. The molecule has 1 aromatic carbocycles. The first-order valence-electron chi connectivity index (χ1n) is 10.1. The fourth-order valence-corrected chi connectivity index (χ4v) is 4.29. The Balaban J connectivity index is 1.45. The lowest BCUT2D eigenvalue weighted by atomic mass is 10.1. The van der Waals surface area contributed by atoms with Gasteiger partial charge in [-0.15, -0.1) is 11.3 Å². The van der Waals surface area contributed by atoms with Crippen molar-refractivity contribution in [2.75, 3.05) is 38.7 Å². The van der Waals surface area contributed by atoms with Crippen LogP contribution in [0.5, 0.6) is 5.75 Å². The summed E-state index contributed by atoms with van der Waals surface area (Å²) in [5, 5.41) is 3.54. The van der Waals surface area contributed by atoms with Crippen LogP contribution in [-0.4, -0.2) is 59.1 Å². The minimum absolute atomic E-state index is 0.0797. The van der Waals surface area contributed by atoms with Crippen LogP contribution in [-0.2, 0) is 9.53 Å². The Morgan fingerprint density at radius 3 is 2.74 bits per heavy atom. The standard InChI is InChI=1S/C22H25N5O3S/c1-14-15(2)31-22(25-14)26-19(28)13-27-10-11-30-18(12-27)21-20(23-8-9-24-21)16-4-6-17(29-3)7-5-16/h4-9,18H,10-13H2,1-3H3,(H,25,26,28)/t18-/m1/s1. The fourth-order valence-electron chi connectivity index (χ4n) is 3.46. The van der Waals surface area contributed by atoms with Gasteiger partial charge in [0.2, 0.25) is 5.91 Å². The number of morpholine rings is 1. The second-order valence-corrected chi connectivity index (χ2v) is 8.53. The molecule has 1 aliphatic rings. The molecule has 0 unspecified atom stereocenters. The van der Waals surface area contributed by atoms with Gasteiger partial charge in [-0.25, -0.2) is 4.98 Å². The van der Waals surface area contributed by atoms with Crippen LogP contribution >= 0.6 is 11.3 Å². The molecule has 1 saturated heterocycles. The highest BCUT2D eigenvalue weighted by Crippen LogP contribution is 2.30. The van der Waals surface area contributed by atoms with Crippen molar-refractivity contribution in [2.45, 2.75) is 20.0 Å². The molecule has 1 atom stereocenters. The average molecular weight is 440 g/mol. The molecule has 0 saturated carbocycles. The maximum Gasteiger partial charge on any atom is 0.240 e. The number of amides is 1. The zero-order valence-electron chi connectivity index (χ0n) is 17.8. The summed E-state index contributed by atoms with van der Waals surface area (Å²) in [6.07, 6.45) is 3.08. The van der Waals surface area contributed by atoms with Gasteiger partial charge in [0.25, 0.3) is 0 Å². The van der Waals surface area contributed by atoms with Crippen molar-refractivity contribution in [1.29, 1.82) is 0 Å². The van der Waals surface area contributed by atoms with Crippen LogP contribution in [0, 0.1) is 13.8 Å². The highest BCUT2D eigenvalue weighted by atomic mass is 32.1. The molecular weight excluding hydrogens is 414 g/mol. The van der Waals surface area contributed by atoms with Gasteiger partial charge >= 0.3 is 0 Å². The molecule has 1 N–H and O–H groups in total. The number of anilines is 1. The summed E-state index contributed by atoms with van der Waals surface area (Å²) in [6, 6.07) is 7.71. The van der Waals surface area contributed by atoms with Crippen LogP contribution < -0.4 is 10.1 Å². The Hall–Kier alpha value is -2.88. The number of aryl methyl sites for hydroxylation is 2. The number of benzene rings is 1. The van der Waals surface area contributed by atoms with Gasteiger partial charge in [0.1, 0.15) is 11.9 Å². The second-order valence-electron chi connectivity index (χ2n) is 7.32. The first-order valence-corrected chi connectivity index (χ1v) is 10.9. The molecule has 31 heavy (non-hydrogen) atoms. The molecule has 0 spiro atoms. The van der Waals surface area contributed by atoms with Crippen molar-refractivity contribution in [2.24, 2.45) is 0 Å². The van der Waals surface area contributed by atoms with Gasteiger partial charge in [-0.3, -0.25) is 19.7 Å². The van der Waals surface area contributed by atoms with E-state index < -0.39 is 0 Å². The highest BCUT2D eigenvalue weighted by Gasteiger charge is 2.27. The van der Waals surface area contributed by atoms with Gasteiger partial charge in [0.05, 0.1) is 37.3 Å². The van der Waals surface area contributed by atoms with Crippen LogP contribution in [0.3, 0.4) is 0 Å². The lowest BCUT2D eigenvalue weighted by molar-refractivity contribution is -0.119. The summed E-state index contributed by atoms with van der Waals surface area (Å²) >= 11 is 1.49. The van der Waals surface area contributed by atoms with Gasteiger partial charge in [-0.1, -0.05) is 0 Å². The molecule has 4 rings (SSSR count). The van der Waals surface area contributed by atoms with E-state index in [1.165, 1.54) is 11.3 Å². The Bertz CT molecular complexity index is 1030. The number of hydrogen-bond donors (Lipinski definition) is 1. The zero-order chi connectivity index (χ0) is 21.8. The van der Waals surface area contributed by atoms with E-state index >= 15 is 0 Å². The van der Waals surface area contributed by atoms with Gasteiger partial charge in [0.15, 0.2) is 5.13 Å². The third-order valence-electron chi connectivity index (χ3n) is 5.19. The molecule has 8 nitrogen and oxygen atoms in total. The predicted octanol–water partition coefficient (Wildman–Crippen LogP) is 3.24. The van der Waals surface area contributed by atoms with Gasteiger partial charge in [-0.2, -0.15) is 0 Å². The third kappa shape index (κ3) is 5.07. The van der Waals surface area contributed by atoms with E-state index in [1.54, 1.807) is 19.5 Å². The fraction of sp³-hybridized carbons (Fsp3) is 0.364. The Labute approximate surface area is 185 Å². The molecule has 0 bridgehead atoms. The summed E-state index contributed by atoms with van der Waals surface area (Å²) in [5.41, 5.74) is 3.43. The number of hydrogen-bond acceptors (Lipinski definition) is 8. The molecule has 3 heterocycles. The maximum atomic E-state index is 12.5. The van der Waals surface area contributed by atoms with Gasteiger partial charge in [0, 0.05) is 35.9 Å². The predicted molar refractivity (Wildman–Crippen MR) is 119 cm³/mol. The van der Waals surface area contributed by atoms with Crippen LogP contribution in [0.25, 0.3) is 11.3 Å². The summed E-state index contributed by atoms with van der Waals surface area (Å²) in [7, 11) is 1.64. The second kappa shape index (κ2) is 9.51. The molecule has 9 heteroatoms. The van der Waals surface area contributed by atoms with Crippen LogP contribution in [0.4, 0.5) is 5.13 Å². The minimum atomic E-state index is -0.267. The number of nitrogens with zero attached hydrogens (tertiary/aromatic N) is 4. The molecule has 2 aromatic heterocycles. The van der Waals surface area contributed by atoms with E-state index in [2.05, 4.69) is 25.2 Å². The summed E-state index contributed by atoms with van der Waals surface area (Å²) < 4.78 is 11.3. The number of ether oxygens (including phenoxy) is 2. The van der Waals surface area contributed by atoms with Crippen LogP contribution in [0.15, 0.2) is 36.7 Å². The number of carbonyl (C=O) groups is 1. The number of carbonyl (C=O) groups excluding carboxylic acids is 1. The first kappa shape index (κ1) is 21.4. The SMILES string of the molecule is COc1ccc(-c2nccnc2[C@H]2CN(CC(=O)Nc3nc(C)c(C)s3)CCO2)cc1. The van der Waals surface area contributed by atoms with E-state index in [9.17, 15) is 4.79 Å². The van der Waals surface area contributed by atoms with Gasteiger partial charge in [-0.05, 0) is 38.1 Å². The molecule has 3 aromatic rings. The minimum Gasteiger partial charge on any atom is -0.497 e. The largest absolute Gasteiger partial charge is 0.497 e. The molecule has 0 radical (unpaired) electrons. The van der Waals surface area contributed by atoms with Crippen molar-refractivity contribution in [3.8, 4) is 17.0 Å². The lowest BCUT2D eigenvalue weighted by Crippen LogP contribution is -2.42. The van der Waals surface area contributed by atoms with Crippen molar-refractivity contribution in [1.82, 2.24) is 19.9 Å². The van der Waals surface area contributed by atoms with E-state index in [1.807, 2.05) is 38.1 Å². The lowest BCUT2D eigenvalue weighted by Gasteiger charge is -2.32. The number of methoxy groups -OCH3 is 1. The topological polar surface area (TPSA) is 89.5 Å². The summed E-state index contributed by atoms with van der Waals surface area (Å²) in [4.78, 5) is 29.2. The van der Waals surface area contributed by atoms with Crippen molar-refractivity contribution in [3.63, 3.8) is 0 Å². The van der Waals surface area contributed by atoms with E-state index in [-0.39, 0.29) is 18.6 Å². The molecule has 1 amide bonds. The van der Waals surface area contributed by atoms with Crippen molar-refractivity contribution in [3.05, 3.63) is 52.9 Å². The van der Waals surface area contributed by atoms with E-state index in [4.69, 9.17) is 9.47 Å². The Morgan fingerprint density at radius 1 is 1.26 bits per heavy atom. The number of thiazole rings is 1. The molecule has 162 valence electrons. The Morgan fingerprint density at radius 2 is 2.03 bits per heavy atom. The van der Waals surface area contributed by atoms with E-state index in [0.717, 1.165) is 33.3 Å². The molecule has 0 aliphatic carbocycles. The normalized spacial score (nSPS) is 16.8. The third-order valence-corrected chi connectivity index (χ3v) is 6.18. The van der Waals surface area contributed by atoms with E-state index in [0.29, 0.717) is 24.8 Å². The number of rotatable bonds is 6. The van der Waals surface area contributed by atoms with Crippen molar-refractivity contribution < 1.29 is 14.3 Å².